The number of hydrogen-bond acceptors (Lipinski definition) is 6. The van der Waals surface area contributed by atoms with Gasteiger partial charge in [0.05, 0.1) is 12.0 Å². The minimum Gasteiger partial charge on any atom is -0.390 e. The number of aliphatic hydroxyl groups is 1. The summed E-state index contributed by atoms with van der Waals surface area (Å²) in [6.07, 6.45) is 4.36. The van der Waals surface area contributed by atoms with E-state index in [1.54, 1.807) is 6.33 Å². The predicted octanol–water partition coefficient (Wildman–Crippen LogP) is 2.68. The zero-order valence-electron chi connectivity index (χ0n) is 19.2. The number of halogens is 1. The number of β-amino-alcohol motifs (C(OH)–C–C–N with tert-alkyl or cyclic N) is 1. The summed E-state index contributed by atoms with van der Waals surface area (Å²) in [7, 11) is 0. The van der Waals surface area contributed by atoms with Crippen molar-refractivity contribution in [3.05, 3.63) is 52.4 Å². The number of nitrogens with zero attached hydrogens (tertiary/aromatic N) is 5. The molecule has 2 fully saturated rings. The van der Waals surface area contributed by atoms with Crippen molar-refractivity contribution in [2.45, 2.75) is 44.1 Å². The highest BCUT2D eigenvalue weighted by Crippen LogP contribution is 2.37. The van der Waals surface area contributed by atoms with Crippen LogP contribution in [0.2, 0.25) is 5.02 Å². The van der Waals surface area contributed by atoms with Gasteiger partial charge in [-0.3, -0.25) is 9.69 Å². The number of carbonyl (C=O) groups excluding carboxylic acids is 1. The van der Waals surface area contributed by atoms with Gasteiger partial charge >= 0.3 is 0 Å². The molecule has 176 valence electrons. The third-order valence-electron chi connectivity index (χ3n) is 7.39. The molecule has 2 aromatic rings. The Morgan fingerprint density at radius 1 is 1.15 bits per heavy atom. The summed E-state index contributed by atoms with van der Waals surface area (Å²) < 4.78 is 0. The van der Waals surface area contributed by atoms with Gasteiger partial charge in [-0.2, -0.15) is 0 Å². The van der Waals surface area contributed by atoms with E-state index < -0.39 is 0 Å². The van der Waals surface area contributed by atoms with E-state index in [1.165, 1.54) is 11.3 Å². The SMILES string of the molecule is C[C@@H]1CCc2ncnc(N3CCN(C(=O)[C@H](CCN4CC(O)C4)c4ccc(Cl)cc4)CC3)c21. The van der Waals surface area contributed by atoms with Crippen LogP contribution in [0.3, 0.4) is 0 Å². The van der Waals surface area contributed by atoms with Gasteiger partial charge in [0.15, 0.2) is 0 Å². The van der Waals surface area contributed by atoms with E-state index in [2.05, 4.69) is 26.7 Å². The van der Waals surface area contributed by atoms with Gasteiger partial charge in [-0.05, 0) is 49.4 Å². The number of hydrogen-bond donors (Lipinski definition) is 1. The summed E-state index contributed by atoms with van der Waals surface area (Å²) in [4.78, 5) is 29.3. The van der Waals surface area contributed by atoms with Gasteiger partial charge < -0.3 is 14.9 Å². The van der Waals surface area contributed by atoms with Crippen molar-refractivity contribution in [2.24, 2.45) is 0 Å². The van der Waals surface area contributed by atoms with Crippen molar-refractivity contribution in [2.75, 3.05) is 50.7 Å². The van der Waals surface area contributed by atoms with Crippen LogP contribution >= 0.6 is 11.6 Å². The Morgan fingerprint density at radius 2 is 1.88 bits per heavy atom. The maximum Gasteiger partial charge on any atom is 0.230 e. The fourth-order valence-electron chi connectivity index (χ4n) is 5.40. The monoisotopic (exact) mass is 469 g/mol. The molecule has 0 saturated carbocycles. The van der Waals surface area contributed by atoms with E-state index in [0.717, 1.165) is 50.3 Å². The van der Waals surface area contributed by atoms with Crippen molar-refractivity contribution in [1.29, 1.82) is 0 Å². The Hall–Kier alpha value is -2.22. The Kier molecular flexibility index (Phi) is 6.54. The maximum absolute atomic E-state index is 13.6. The lowest BCUT2D eigenvalue weighted by Crippen LogP contribution is -2.52. The van der Waals surface area contributed by atoms with Crippen LogP contribution in [0.5, 0.6) is 0 Å². The smallest absolute Gasteiger partial charge is 0.230 e. The maximum atomic E-state index is 13.6. The summed E-state index contributed by atoms with van der Waals surface area (Å²) in [6.45, 7) is 7.41. The molecule has 0 bridgehead atoms. The van der Waals surface area contributed by atoms with Crippen molar-refractivity contribution in [3.8, 4) is 0 Å². The topological polar surface area (TPSA) is 72.8 Å². The van der Waals surface area contributed by atoms with Crippen LogP contribution in [0, 0.1) is 0 Å². The van der Waals surface area contributed by atoms with E-state index in [4.69, 9.17) is 11.6 Å². The van der Waals surface area contributed by atoms with E-state index in [9.17, 15) is 9.90 Å². The molecule has 0 spiro atoms. The number of aryl methyl sites for hydroxylation is 1. The highest BCUT2D eigenvalue weighted by Gasteiger charge is 2.33. The van der Waals surface area contributed by atoms with Crippen LogP contribution in [0.25, 0.3) is 0 Å². The first-order valence-electron chi connectivity index (χ1n) is 12.0. The third kappa shape index (κ3) is 4.72. The first-order chi connectivity index (χ1) is 16.0. The van der Waals surface area contributed by atoms with Crippen molar-refractivity contribution >= 4 is 23.3 Å². The molecule has 2 atom stereocenters. The van der Waals surface area contributed by atoms with Gasteiger partial charge in [-0.1, -0.05) is 30.7 Å². The van der Waals surface area contributed by atoms with Gasteiger partial charge in [-0.25, -0.2) is 9.97 Å². The summed E-state index contributed by atoms with van der Waals surface area (Å²) >= 11 is 6.10. The van der Waals surface area contributed by atoms with Crippen LogP contribution < -0.4 is 4.90 Å². The normalized spacial score (nSPS) is 22.2. The van der Waals surface area contributed by atoms with Crippen LogP contribution in [0.15, 0.2) is 30.6 Å². The van der Waals surface area contributed by atoms with Gasteiger partial charge in [-0.15, -0.1) is 0 Å². The molecule has 1 aromatic heterocycles. The first kappa shape index (κ1) is 22.6. The summed E-state index contributed by atoms with van der Waals surface area (Å²) in [5.41, 5.74) is 3.49. The Balaban J connectivity index is 1.26. The van der Waals surface area contributed by atoms with E-state index in [1.807, 2.05) is 29.2 Å². The zero-order chi connectivity index (χ0) is 22.9. The molecule has 8 heteroatoms. The highest BCUT2D eigenvalue weighted by molar-refractivity contribution is 6.30. The number of carbonyl (C=O) groups is 1. The standard InChI is InChI=1S/C25H32ClN5O2/c1-17-2-7-22-23(17)24(28-16-27-22)30-10-12-31(13-11-30)25(33)21(8-9-29-14-20(32)15-29)18-3-5-19(26)6-4-18/h3-6,16-17,20-21,32H,2,7-15H2,1H3/t17-,21-/m1/s1. The lowest BCUT2D eigenvalue weighted by molar-refractivity contribution is -0.133. The van der Waals surface area contributed by atoms with Gasteiger partial charge in [0, 0.05) is 55.5 Å². The van der Waals surface area contributed by atoms with Gasteiger partial charge in [0.2, 0.25) is 5.91 Å². The van der Waals surface area contributed by atoms with Gasteiger partial charge in [0.25, 0.3) is 0 Å². The number of benzene rings is 1. The zero-order valence-corrected chi connectivity index (χ0v) is 19.9. The van der Waals surface area contributed by atoms with Crippen LogP contribution in [0.1, 0.15) is 48.4 Å². The van der Waals surface area contributed by atoms with Crippen molar-refractivity contribution in [3.63, 3.8) is 0 Å². The van der Waals surface area contributed by atoms with Crippen molar-refractivity contribution < 1.29 is 9.90 Å². The predicted molar refractivity (Wildman–Crippen MR) is 129 cm³/mol. The average molecular weight is 470 g/mol. The fraction of sp³-hybridized carbons (Fsp3) is 0.560. The van der Waals surface area contributed by atoms with Crippen LogP contribution in [0.4, 0.5) is 5.82 Å². The molecule has 1 amide bonds. The molecule has 2 aliphatic heterocycles. The molecule has 0 radical (unpaired) electrons. The molecule has 3 heterocycles. The Morgan fingerprint density at radius 3 is 2.58 bits per heavy atom. The quantitative estimate of drug-likeness (QED) is 0.701. The molecule has 2 saturated heterocycles. The molecule has 33 heavy (non-hydrogen) atoms. The molecular weight excluding hydrogens is 438 g/mol. The molecule has 7 nitrogen and oxygen atoms in total. The molecule has 1 N–H and O–H groups in total. The number of fused-ring (bicyclic) bond motifs is 1. The highest BCUT2D eigenvalue weighted by atomic mass is 35.5. The van der Waals surface area contributed by atoms with E-state index >= 15 is 0 Å². The third-order valence-corrected chi connectivity index (χ3v) is 7.64. The second kappa shape index (κ2) is 9.57. The number of amides is 1. The molecule has 1 aliphatic carbocycles. The summed E-state index contributed by atoms with van der Waals surface area (Å²) in [5, 5.41) is 10.3. The molecule has 3 aliphatic rings. The number of anilines is 1. The number of piperazine rings is 1. The summed E-state index contributed by atoms with van der Waals surface area (Å²) in [5.74, 6) is 1.53. The second-order valence-corrected chi connectivity index (χ2v) is 10.1. The molecular formula is C25H32ClN5O2. The molecule has 5 rings (SSSR count). The van der Waals surface area contributed by atoms with E-state index in [-0.39, 0.29) is 17.9 Å². The minimum absolute atomic E-state index is 0.180. The largest absolute Gasteiger partial charge is 0.390 e. The number of rotatable bonds is 6. The Labute approximate surface area is 200 Å². The van der Waals surface area contributed by atoms with Gasteiger partial charge in [0.1, 0.15) is 12.1 Å². The number of likely N-dealkylation sites (tertiary alicyclic amines) is 1. The number of aromatic nitrogens is 2. The van der Waals surface area contributed by atoms with Crippen LogP contribution in [-0.4, -0.2) is 82.7 Å². The molecule has 0 unspecified atom stereocenters. The van der Waals surface area contributed by atoms with Crippen LogP contribution in [-0.2, 0) is 11.2 Å². The van der Waals surface area contributed by atoms with E-state index in [0.29, 0.717) is 37.1 Å². The minimum atomic E-state index is -0.228. The lowest BCUT2D eigenvalue weighted by atomic mass is 9.93. The molecule has 1 aromatic carbocycles. The first-order valence-corrected chi connectivity index (χ1v) is 12.4. The Bertz CT molecular complexity index is 987. The fourth-order valence-corrected chi connectivity index (χ4v) is 5.52. The number of aliphatic hydroxyl groups excluding tert-OH is 1. The van der Waals surface area contributed by atoms with Crippen molar-refractivity contribution in [1.82, 2.24) is 19.8 Å². The summed E-state index contributed by atoms with van der Waals surface area (Å²) in [6, 6.07) is 7.66. The lowest BCUT2D eigenvalue weighted by Gasteiger charge is -2.39. The second-order valence-electron chi connectivity index (χ2n) is 9.62. The average Bonchev–Trinajstić information content (AvgIpc) is 3.20.